The van der Waals surface area contributed by atoms with Crippen molar-refractivity contribution in [2.24, 2.45) is 7.05 Å². The van der Waals surface area contributed by atoms with Gasteiger partial charge in [0.05, 0.1) is 13.2 Å². The molecule has 96 valence electrons. The third-order valence-corrected chi connectivity index (χ3v) is 2.94. The van der Waals surface area contributed by atoms with Crippen molar-refractivity contribution in [3.63, 3.8) is 0 Å². The number of aromatic nitrogens is 1. The molecular weight excluding hydrogens is 228 g/mol. The first-order chi connectivity index (χ1) is 8.72. The predicted octanol–water partition coefficient (Wildman–Crippen LogP) is 1.48. The van der Waals surface area contributed by atoms with Crippen LogP contribution in [0.4, 0.5) is 0 Å². The molecule has 2 rings (SSSR count). The number of nitrogens with zero attached hydrogens (tertiary/aromatic N) is 1. The van der Waals surface area contributed by atoms with Crippen LogP contribution in [0.3, 0.4) is 0 Å². The number of hydrogen-bond donors (Lipinski definition) is 1. The van der Waals surface area contributed by atoms with Gasteiger partial charge in [-0.3, -0.25) is 4.79 Å². The lowest BCUT2D eigenvalue weighted by molar-refractivity contribution is -0.142. The number of benzene rings is 1. The summed E-state index contributed by atoms with van der Waals surface area (Å²) in [6.07, 6.45) is 2.84. The van der Waals surface area contributed by atoms with Crippen molar-refractivity contribution in [2.75, 3.05) is 20.2 Å². The zero-order chi connectivity index (χ0) is 13.0. The molecule has 2 aromatic rings. The van der Waals surface area contributed by atoms with Crippen LogP contribution in [-0.2, 0) is 23.0 Å². The molecule has 0 saturated carbocycles. The molecule has 0 fully saturated rings. The monoisotopic (exact) mass is 246 g/mol. The normalized spacial score (nSPS) is 10.8. The highest BCUT2D eigenvalue weighted by atomic mass is 16.5. The van der Waals surface area contributed by atoms with Crippen LogP contribution in [0.15, 0.2) is 30.5 Å². The molecule has 0 aliphatic heterocycles. The first-order valence-electron chi connectivity index (χ1n) is 6.05. The topological polar surface area (TPSA) is 43.3 Å². The number of likely N-dealkylation sites (N-methyl/N-ethyl adjacent to an activating group) is 1. The number of rotatable bonds is 5. The predicted molar refractivity (Wildman–Crippen MR) is 71.5 cm³/mol. The highest BCUT2D eigenvalue weighted by Crippen LogP contribution is 2.20. The number of nitrogens with one attached hydrogen (secondary N) is 1. The van der Waals surface area contributed by atoms with Gasteiger partial charge in [-0.05, 0) is 18.7 Å². The van der Waals surface area contributed by atoms with Crippen LogP contribution in [0.2, 0.25) is 0 Å². The molecular formula is C14H18N2O2. The molecule has 4 heteroatoms. The van der Waals surface area contributed by atoms with Crippen molar-refractivity contribution in [3.8, 4) is 0 Å². The van der Waals surface area contributed by atoms with Gasteiger partial charge in [-0.2, -0.15) is 0 Å². The summed E-state index contributed by atoms with van der Waals surface area (Å²) in [7, 11) is 3.75. The van der Waals surface area contributed by atoms with Gasteiger partial charge >= 0.3 is 5.97 Å². The molecule has 0 bridgehead atoms. The van der Waals surface area contributed by atoms with Gasteiger partial charge in [0.2, 0.25) is 0 Å². The lowest BCUT2D eigenvalue weighted by Crippen LogP contribution is -2.21. The van der Waals surface area contributed by atoms with Crippen LogP contribution < -0.4 is 5.32 Å². The average molecular weight is 246 g/mol. The molecule has 0 radical (unpaired) electrons. The fraction of sp³-hybridized carbons (Fsp3) is 0.357. The van der Waals surface area contributed by atoms with E-state index < -0.39 is 0 Å². The molecule has 0 saturated heterocycles. The van der Waals surface area contributed by atoms with E-state index in [1.54, 1.807) is 7.05 Å². The van der Waals surface area contributed by atoms with Crippen LogP contribution >= 0.6 is 0 Å². The summed E-state index contributed by atoms with van der Waals surface area (Å²) in [4.78, 5) is 11.2. The quantitative estimate of drug-likeness (QED) is 0.813. The first kappa shape index (κ1) is 12.6. The molecule has 4 nitrogen and oxygen atoms in total. The lowest BCUT2D eigenvalue weighted by atomic mass is 10.1. The van der Waals surface area contributed by atoms with E-state index >= 15 is 0 Å². The number of hydrogen-bond acceptors (Lipinski definition) is 3. The van der Waals surface area contributed by atoms with Crippen molar-refractivity contribution < 1.29 is 9.53 Å². The van der Waals surface area contributed by atoms with Gasteiger partial charge in [0.1, 0.15) is 0 Å². The Hall–Kier alpha value is -1.81. The number of fused-ring (bicyclic) bond motifs is 1. The number of ether oxygens (including phenoxy) is 1. The first-order valence-corrected chi connectivity index (χ1v) is 6.05. The Balaban J connectivity index is 2.02. The molecule has 0 spiro atoms. The molecule has 18 heavy (non-hydrogen) atoms. The van der Waals surface area contributed by atoms with Gasteiger partial charge in [0, 0.05) is 30.6 Å². The summed E-state index contributed by atoms with van der Waals surface area (Å²) < 4.78 is 7.23. The number of aryl methyl sites for hydroxylation is 1. The van der Waals surface area contributed by atoms with Crippen molar-refractivity contribution in [3.05, 3.63) is 36.0 Å². The van der Waals surface area contributed by atoms with E-state index in [0.29, 0.717) is 6.61 Å². The molecule has 1 heterocycles. The summed E-state index contributed by atoms with van der Waals surface area (Å²) in [5.74, 6) is -0.210. The Morgan fingerprint density at radius 3 is 2.94 bits per heavy atom. The van der Waals surface area contributed by atoms with Crippen LogP contribution in [0.25, 0.3) is 10.9 Å². The van der Waals surface area contributed by atoms with Crippen LogP contribution in [-0.4, -0.2) is 30.7 Å². The standard InChI is InChI=1S/C14H18N2O2/c1-15-9-14(17)18-8-7-11-10-16(2)13-6-4-3-5-12(11)13/h3-6,10,15H,7-9H2,1-2H3. The summed E-state index contributed by atoms with van der Waals surface area (Å²) in [5.41, 5.74) is 2.42. The van der Waals surface area contributed by atoms with Crippen LogP contribution in [0, 0.1) is 0 Å². The zero-order valence-corrected chi connectivity index (χ0v) is 10.8. The lowest BCUT2D eigenvalue weighted by Gasteiger charge is -2.03. The second-order valence-corrected chi connectivity index (χ2v) is 4.28. The summed E-state index contributed by atoms with van der Waals surface area (Å²) in [5, 5.41) is 4.00. The van der Waals surface area contributed by atoms with E-state index in [0.717, 1.165) is 6.42 Å². The number of carbonyl (C=O) groups is 1. The fourth-order valence-electron chi connectivity index (χ4n) is 2.09. The fourth-order valence-corrected chi connectivity index (χ4v) is 2.09. The van der Waals surface area contributed by atoms with E-state index in [1.807, 2.05) is 19.2 Å². The van der Waals surface area contributed by atoms with Gasteiger partial charge in [-0.25, -0.2) is 0 Å². The SMILES string of the molecule is CNCC(=O)OCCc1cn(C)c2ccccc12. The molecule has 1 N–H and O–H groups in total. The Bertz CT molecular complexity index is 546. The van der Waals surface area contributed by atoms with Crippen LogP contribution in [0.5, 0.6) is 0 Å². The van der Waals surface area contributed by atoms with E-state index in [2.05, 4.69) is 28.2 Å². The molecule has 0 atom stereocenters. The molecule has 0 amide bonds. The summed E-state index contributed by atoms with van der Waals surface area (Å²) >= 11 is 0. The van der Waals surface area contributed by atoms with E-state index in [4.69, 9.17) is 4.74 Å². The van der Waals surface area contributed by atoms with Crippen LogP contribution in [0.1, 0.15) is 5.56 Å². The highest BCUT2D eigenvalue weighted by molar-refractivity contribution is 5.83. The van der Waals surface area contributed by atoms with E-state index in [-0.39, 0.29) is 12.5 Å². The van der Waals surface area contributed by atoms with Crippen molar-refractivity contribution in [1.29, 1.82) is 0 Å². The minimum Gasteiger partial charge on any atom is -0.464 e. The minimum absolute atomic E-state index is 0.210. The Labute approximate surface area is 107 Å². The maximum atomic E-state index is 11.2. The highest BCUT2D eigenvalue weighted by Gasteiger charge is 2.06. The Morgan fingerprint density at radius 1 is 1.39 bits per heavy atom. The van der Waals surface area contributed by atoms with Crippen molar-refractivity contribution in [1.82, 2.24) is 9.88 Å². The summed E-state index contributed by atoms with van der Waals surface area (Å²) in [6, 6.07) is 8.24. The van der Waals surface area contributed by atoms with E-state index in [1.165, 1.54) is 16.5 Å². The van der Waals surface area contributed by atoms with Crippen molar-refractivity contribution in [2.45, 2.75) is 6.42 Å². The zero-order valence-electron chi connectivity index (χ0n) is 10.8. The molecule has 0 unspecified atom stereocenters. The average Bonchev–Trinajstić information content (AvgIpc) is 2.68. The maximum absolute atomic E-state index is 11.2. The minimum atomic E-state index is -0.210. The molecule has 1 aromatic carbocycles. The second-order valence-electron chi connectivity index (χ2n) is 4.28. The third kappa shape index (κ3) is 2.71. The number of para-hydroxylation sites is 1. The number of esters is 1. The number of carbonyl (C=O) groups excluding carboxylic acids is 1. The van der Waals surface area contributed by atoms with Gasteiger partial charge in [-0.15, -0.1) is 0 Å². The molecule has 0 aliphatic rings. The largest absolute Gasteiger partial charge is 0.464 e. The van der Waals surface area contributed by atoms with Gasteiger partial charge in [0.15, 0.2) is 0 Å². The Kier molecular flexibility index (Phi) is 3.99. The molecule has 1 aromatic heterocycles. The van der Waals surface area contributed by atoms with Crippen molar-refractivity contribution >= 4 is 16.9 Å². The molecule has 0 aliphatic carbocycles. The Morgan fingerprint density at radius 2 is 2.17 bits per heavy atom. The smallest absolute Gasteiger partial charge is 0.319 e. The third-order valence-electron chi connectivity index (χ3n) is 2.94. The van der Waals surface area contributed by atoms with Gasteiger partial charge < -0.3 is 14.6 Å². The van der Waals surface area contributed by atoms with E-state index in [9.17, 15) is 4.79 Å². The van der Waals surface area contributed by atoms with Gasteiger partial charge in [0.25, 0.3) is 0 Å². The summed E-state index contributed by atoms with van der Waals surface area (Å²) in [6.45, 7) is 0.685. The van der Waals surface area contributed by atoms with Gasteiger partial charge in [-0.1, -0.05) is 18.2 Å². The second kappa shape index (κ2) is 5.69. The maximum Gasteiger partial charge on any atom is 0.319 e.